The Labute approximate surface area is 125 Å². The Balaban J connectivity index is 2.37. The van der Waals surface area contributed by atoms with Crippen LogP contribution < -0.4 is 4.72 Å². The number of hydrogen-bond donors (Lipinski definition) is 3. The van der Waals surface area contributed by atoms with Gasteiger partial charge in [-0.2, -0.15) is 0 Å². The molecule has 2 rings (SSSR count). The number of aliphatic hydroxyl groups excluding tert-OH is 1. The maximum Gasteiger partial charge on any atom is 0.335 e. The van der Waals surface area contributed by atoms with Crippen molar-refractivity contribution in [3.63, 3.8) is 0 Å². The lowest BCUT2D eigenvalue weighted by molar-refractivity contribution is 0.0695. The summed E-state index contributed by atoms with van der Waals surface area (Å²) in [7, 11) is -3.82. The molecule has 0 saturated heterocycles. The SMILES string of the molecule is Cc1cc(C(=O)O)cc(S(=O)(=O)NC2CC(O)C2)c1Br. The largest absolute Gasteiger partial charge is 0.478 e. The van der Waals surface area contributed by atoms with Crippen molar-refractivity contribution in [2.24, 2.45) is 0 Å². The Bertz CT molecular complexity index is 652. The molecule has 0 heterocycles. The quantitative estimate of drug-likeness (QED) is 0.746. The molecular formula is C12H14BrNO5S. The van der Waals surface area contributed by atoms with Gasteiger partial charge in [0, 0.05) is 10.5 Å². The summed E-state index contributed by atoms with van der Waals surface area (Å²) in [4.78, 5) is 10.9. The van der Waals surface area contributed by atoms with Crippen molar-refractivity contribution in [1.82, 2.24) is 4.72 Å². The number of carboxylic acid groups (broad SMARTS) is 1. The molecule has 8 heteroatoms. The van der Waals surface area contributed by atoms with Crippen LogP contribution in [0.5, 0.6) is 0 Å². The van der Waals surface area contributed by atoms with E-state index < -0.39 is 22.1 Å². The van der Waals surface area contributed by atoms with Crippen LogP contribution >= 0.6 is 15.9 Å². The summed E-state index contributed by atoms with van der Waals surface area (Å²) < 4.78 is 27.4. The van der Waals surface area contributed by atoms with Crippen molar-refractivity contribution in [3.8, 4) is 0 Å². The Morgan fingerprint density at radius 1 is 1.40 bits per heavy atom. The van der Waals surface area contributed by atoms with Gasteiger partial charge in [-0.25, -0.2) is 17.9 Å². The summed E-state index contributed by atoms with van der Waals surface area (Å²) in [6.45, 7) is 1.63. The second-order valence-corrected chi connectivity index (χ2v) is 7.33. The maximum absolute atomic E-state index is 12.3. The molecule has 0 radical (unpaired) electrons. The third-order valence-corrected chi connectivity index (χ3v) is 6.05. The average molecular weight is 364 g/mol. The Hall–Kier alpha value is -0.960. The first-order valence-corrected chi connectivity index (χ1v) is 8.22. The molecule has 0 aliphatic heterocycles. The monoisotopic (exact) mass is 363 g/mol. The summed E-state index contributed by atoms with van der Waals surface area (Å²) in [5.74, 6) is -1.18. The van der Waals surface area contributed by atoms with Crippen molar-refractivity contribution >= 4 is 31.9 Å². The molecule has 1 aliphatic rings. The maximum atomic E-state index is 12.3. The molecule has 0 atom stereocenters. The van der Waals surface area contributed by atoms with E-state index in [1.165, 1.54) is 6.07 Å². The van der Waals surface area contributed by atoms with Crippen LogP contribution in [0.2, 0.25) is 0 Å². The highest BCUT2D eigenvalue weighted by Crippen LogP contribution is 2.29. The van der Waals surface area contributed by atoms with Gasteiger partial charge in [-0.15, -0.1) is 0 Å². The smallest absolute Gasteiger partial charge is 0.335 e. The topological polar surface area (TPSA) is 104 Å². The van der Waals surface area contributed by atoms with Gasteiger partial charge in [0.25, 0.3) is 0 Å². The first-order valence-electron chi connectivity index (χ1n) is 5.94. The van der Waals surface area contributed by atoms with Gasteiger partial charge < -0.3 is 10.2 Å². The van der Waals surface area contributed by atoms with Gasteiger partial charge in [0.1, 0.15) is 0 Å². The van der Waals surface area contributed by atoms with Crippen LogP contribution in [0.25, 0.3) is 0 Å². The Kier molecular flexibility index (Phi) is 4.19. The van der Waals surface area contributed by atoms with Gasteiger partial charge in [-0.05, 0) is 53.4 Å². The van der Waals surface area contributed by atoms with Crippen molar-refractivity contribution in [2.45, 2.75) is 36.8 Å². The summed E-state index contributed by atoms with van der Waals surface area (Å²) in [6, 6.07) is 2.21. The van der Waals surface area contributed by atoms with E-state index in [4.69, 9.17) is 5.11 Å². The van der Waals surface area contributed by atoms with Crippen molar-refractivity contribution in [1.29, 1.82) is 0 Å². The summed E-state index contributed by atoms with van der Waals surface area (Å²) >= 11 is 3.18. The summed E-state index contributed by atoms with van der Waals surface area (Å²) in [5.41, 5.74) is 0.443. The first kappa shape index (κ1) is 15.4. The minimum atomic E-state index is -3.82. The number of nitrogens with one attached hydrogen (secondary N) is 1. The molecule has 1 aliphatic carbocycles. The summed E-state index contributed by atoms with van der Waals surface area (Å²) in [6.07, 6.45) is 0.265. The second-order valence-electron chi connectivity index (χ2n) is 4.85. The molecular weight excluding hydrogens is 350 g/mol. The molecule has 1 aromatic carbocycles. The molecule has 3 N–H and O–H groups in total. The van der Waals surface area contributed by atoms with Crippen LogP contribution in [0.4, 0.5) is 0 Å². The third kappa shape index (κ3) is 3.03. The van der Waals surface area contributed by atoms with Crippen LogP contribution in [0.1, 0.15) is 28.8 Å². The fraction of sp³-hybridized carbons (Fsp3) is 0.417. The van der Waals surface area contributed by atoms with Crippen LogP contribution in [-0.4, -0.2) is 36.7 Å². The first-order chi connectivity index (χ1) is 9.20. The molecule has 0 amide bonds. The number of carbonyl (C=O) groups is 1. The van der Waals surface area contributed by atoms with E-state index in [-0.39, 0.29) is 16.5 Å². The standard InChI is InChI=1S/C12H14BrNO5S/c1-6-2-7(12(16)17)3-10(11(6)13)20(18,19)14-8-4-9(15)5-8/h2-3,8-9,14-15H,4-5H2,1H3,(H,16,17). The van der Waals surface area contributed by atoms with E-state index in [1.807, 2.05) is 0 Å². The molecule has 20 heavy (non-hydrogen) atoms. The number of hydrogen-bond acceptors (Lipinski definition) is 4. The molecule has 0 spiro atoms. The molecule has 0 unspecified atom stereocenters. The van der Waals surface area contributed by atoms with E-state index in [1.54, 1.807) is 6.92 Å². The fourth-order valence-electron chi connectivity index (χ4n) is 2.02. The number of aliphatic hydroxyl groups is 1. The van der Waals surface area contributed by atoms with Crippen molar-refractivity contribution in [3.05, 3.63) is 27.7 Å². The minimum Gasteiger partial charge on any atom is -0.478 e. The number of rotatable bonds is 4. The second kappa shape index (κ2) is 5.44. The lowest BCUT2D eigenvalue weighted by Gasteiger charge is -2.31. The van der Waals surface area contributed by atoms with Gasteiger partial charge in [0.15, 0.2) is 0 Å². The van der Waals surface area contributed by atoms with Crippen LogP contribution in [0, 0.1) is 6.92 Å². The van der Waals surface area contributed by atoms with Crippen LogP contribution in [-0.2, 0) is 10.0 Å². The van der Waals surface area contributed by atoms with Gasteiger partial charge >= 0.3 is 5.97 Å². The molecule has 6 nitrogen and oxygen atoms in total. The fourth-order valence-corrected chi connectivity index (χ4v) is 4.33. The van der Waals surface area contributed by atoms with E-state index >= 15 is 0 Å². The molecule has 0 bridgehead atoms. The van der Waals surface area contributed by atoms with Crippen LogP contribution in [0.3, 0.4) is 0 Å². The van der Waals surface area contributed by atoms with Gasteiger partial charge in [-0.1, -0.05) is 0 Å². The van der Waals surface area contributed by atoms with Crippen molar-refractivity contribution < 1.29 is 23.4 Å². The van der Waals surface area contributed by atoms with Crippen LogP contribution in [0.15, 0.2) is 21.5 Å². The van der Waals surface area contributed by atoms with E-state index in [9.17, 15) is 18.3 Å². The van der Waals surface area contributed by atoms with E-state index in [0.717, 1.165) is 6.07 Å². The predicted octanol–water partition coefficient (Wildman–Crippen LogP) is 1.26. The van der Waals surface area contributed by atoms with Crippen molar-refractivity contribution in [2.75, 3.05) is 0 Å². The Morgan fingerprint density at radius 2 is 2.00 bits per heavy atom. The average Bonchev–Trinajstić information content (AvgIpc) is 2.29. The molecule has 1 fully saturated rings. The zero-order valence-electron chi connectivity index (χ0n) is 10.6. The summed E-state index contributed by atoms with van der Waals surface area (Å²) in [5, 5.41) is 18.2. The number of benzene rings is 1. The number of carboxylic acids is 1. The molecule has 0 aromatic heterocycles. The highest BCUT2D eigenvalue weighted by molar-refractivity contribution is 9.10. The highest BCUT2D eigenvalue weighted by Gasteiger charge is 2.32. The zero-order valence-corrected chi connectivity index (χ0v) is 13.0. The lowest BCUT2D eigenvalue weighted by atomic mass is 9.91. The normalized spacial score (nSPS) is 22.4. The van der Waals surface area contributed by atoms with E-state index in [0.29, 0.717) is 22.9 Å². The van der Waals surface area contributed by atoms with Gasteiger partial charge in [0.05, 0.1) is 16.6 Å². The third-order valence-electron chi connectivity index (χ3n) is 3.19. The van der Waals surface area contributed by atoms with Gasteiger partial charge in [0.2, 0.25) is 10.0 Å². The molecule has 110 valence electrons. The minimum absolute atomic E-state index is 0.0836. The lowest BCUT2D eigenvalue weighted by Crippen LogP contribution is -2.46. The highest BCUT2D eigenvalue weighted by atomic mass is 79.9. The Morgan fingerprint density at radius 3 is 2.50 bits per heavy atom. The van der Waals surface area contributed by atoms with Gasteiger partial charge in [-0.3, -0.25) is 0 Å². The number of aryl methyl sites for hydroxylation is 1. The number of sulfonamides is 1. The molecule has 1 aromatic rings. The predicted molar refractivity (Wildman–Crippen MR) is 75.2 cm³/mol. The van der Waals surface area contributed by atoms with E-state index in [2.05, 4.69) is 20.7 Å². The number of aromatic carboxylic acids is 1. The zero-order chi connectivity index (χ0) is 15.1. The molecule has 1 saturated carbocycles. The number of halogens is 1.